The highest BCUT2D eigenvalue weighted by Crippen LogP contribution is 2.40. The van der Waals surface area contributed by atoms with Crippen LogP contribution in [0.2, 0.25) is 0 Å². The smallest absolute Gasteiger partial charge is 0.280 e. The van der Waals surface area contributed by atoms with Gasteiger partial charge in [0.1, 0.15) is 12.0 Å². The van der Waals surface area contributed by atoms with Crippen molar-refractivity contribution < 1.29 is 9.32 Å². The lowest BCUT2D eigenvalue weighted by Gasteiger charge is -2.23. The van der Waals surface area contributed by atoms with Gasteiger partial charge in [-0.2, -0.15) is 9.78 Å². The van der Waals surface area contributed by atoms with E-state index in [1.807, 2.05) is 36.4 Å². The molecule has 7 rings (SSSR count). The van der Waals surface area contributed by atoms with Crippen molar-refractivity contribution in [3.05, 3.63) is 102 Å². The largest absolute Gasteiger partial charge is 0.363 e. The van der Waals surface area contributed by atoms with E-state index in [9.17, 15) is 4.79 Å². The predicted molar refractivity (Wildman–Crippen MR) is 145 cm³/mol. The minimum Gasteiger partial charge on any atom is -0.363 e. The van der Waals surface area contributed by atoms with Gasteiger partial charge in [-0.05, 0) is 49.0 Å². The van der Waals surface area contributed by atoms with Crippen molar-refractivity contribution in [2.45, 2.75) is 32.1 Å². The summed E-state index contributed by atoms with van der Waals surface area (Å²) in [5.41, 5.74) is 8.55. The summed E-state index contributed by atoms with van der Waals surface area (Å²) in [5, 5.41) is 12.4. The molecule has 1 aliphatic carbocycles. The van der Waals surface area contributed by atoms with E-state index in [1.54, 1.807) is 23.1 Å². The van der Waals surface area contributed by atoms with Crippen molar-refractivity contribution in [2.75, 3.05) is 5.32 Å². The molecule has 186 valence electrons. The molecule has 2 aliphatic rings. The van der Waals surface area contributed by atoms with Gasteiger partial charge in [0.25, 0.3) is 5.91 Å². The average Bonchev–Trinajstić information content (AvgIpc) is 3.62. The van der Waals surface area contributed by atoms with Crippen LogP contribution in [0.4, 0.5) is 5.82 Å². The number of allylic oxidation sites excluding steroid dienone is 4. The van der Waals surface area contributed by atoms with E-state index in [4.69, 9.17) is 9.62 Å². The van der Waals surface area contributed by atoms with E-state index in [0.29, 0.717) is 17.8 Å². The van der Waals surface area contributed by atoms with Crippen molar-refractivity contribution in [1.29, 1.82) is 0 Å². The third-order valence-electron chi connectivity index (χ3n) is 7.17. The van der Waals surface area contributed by atoms with Crippen LogP contribution in [0.1, 0.15) is 47.3 Å². The van der Waals surface area contributed by atoms with Crippen LogP contribution in [0.15, 0.2) is 89.6 Å². The van der Waals surface area contributed by atoms with Gasteiger partial charge in [0, 0.05) is 41.7 Å². The summed E-state index contributed by atoms with van der Waals surface area (Å²) in [7, 11) is 0. The number of aromatic nitrogens is 5. The summed E-state index contributed by atoms with van der Waals surface area (Å²) in [5.74, 6) is 0.348. The fourth-order valence-electron chi connectivity index (χ4n) is 5.43. The third-order valence-corrected chi connectivity index (χ3v) is 7.17. The van der Waals surface area contributed by atoms with Crippen LogP contribution in [-0.2, 0) is 6.42 Å². The van der Waals surface area contributed by atoms with Gasteiger partial charge in [0.05, 0.1) is 22.3 Å². The Morgan fingerprint density at radius 2 is 1.79 bits per heavy atom. The molecule has 3 aromatic heterocycles. The van der Waals surface area contributed by atoms with Crippen LogP contribution >= 0.6 is 0 Å². The second-order valence-corrected chi connectivity index (χ2v) is 9.53. The van der Waals surface area contributed by atoms with E-state index in [0.717, 1.165) is 64.1 Å². The molecule has 1 N–H and O–H groups in total. The van der Waals surface area contributed by atoms with Crippen LogP contribution in [0.25, 0.3) is 33.4 Å². The summed E-state index contributed by atoms with van der Waals surface area (Å²) in [6.45, 7) is 0. The minimum atomic E-state index is -0.194. The first-order chi connectivity index (χ1) is 18.8. The maximum absolute atomic E-state index is 14.3. The zero-order valence-electron chi connectivity index (χ0n) is 20.6. The van der Waals surface area contributed by atoms with Crippen LogP contribution in [0.3, 0.4) is 0 Å². The van der Waals surface area contributed by atoms with E-state index in [-0.39, 0.29) is 5.91 Å². The standard InChI is InChI=1S/C30H24N6O2/c37-30-27(21-11-12-22-23(17-21)32-15-14-31-22)24(33-26-13-16-38-35-26)18-25-28(19-7-3-1-4-8-19)29(34-36(25)30)20-9-5-2-6-10-20/h2,5-7,9-17H,1,3-4,8,18H2,(H,33,35). The second kappa shape index (κ2) is 9.23. The molecule has 5 aromatic rings. The van der Waals surface area contributed by atoms with Gasteiger partial charge in [0.2, 0.25) is 0 Å². The summed E-state index contributed by atoms with van der Waals surface area (Å²) in [6, 6.07) is 17.5. The van der Waals surface area contributed by atoms with Crippen molar-refractivity contribution in [1.82, 2.24) is 24.9 Å². The van der Waals surface area contributed by atoms with Crippen LogP contribution in [0, 0.1) is 0 Å². The number of benzene rings is 2. The number of hydrogen-bond acceptors (Lipinski definition) is 7. The van der Waals surface area contributed by atoms with Crippen molar-refractivity contribution in [3.63, 3.8) is 0 Å². The van der Waals surface area contributed by atoms with Crippen molar-refractivity contribution in [3.8, 4) is 11.3 Å². The molecule has 0 saturated heterocycles. The monoisotopic (exact) mass is 500 g/mol. The maximum Gasteiger partial charge on any atom is 0.280 e. The maximum atomic E-state index is 14.3. The van der Waals surface area contributed by atoms with Crippen LogP contribution < -0.4 is 5.32 Å². The fourth-order valence-corrected chi connectivity index (χ4v) is 5.43. The molecule has 2 aromatic carbocycles. The summed E-state index contributed by atoms with van der Waals surface area (Å²) < 4.78 is 6.66. The molecule has 38 heavy (non-hydrogen) atoms. The van der Waals surface area contributed by atoms with Crippen molar-refractivity contribution in [2.24, 2.45) is 0 Å². The quantitative estimate of drug-likeness (QED) is 0.309. The minimum absolute atomic E-state index is 0.194. The zero-order valence-corrected chi connectivity index (χ0v) is 20.6. The Morgan fingerprint density at radius 3 is 2.58 bits per heavy atom. The molecule has 1 aliphatic heterocycles. The Balaban J connectivity index is 1.43. The van der Waals surface area contributed by atoms with Gasteiger partial charge in [-0.1, -0.05) is 47.6 Å². The van der Waals surface area contributed by atoms with Gasteiger partial charge in [-0.3, -0.25) is 14.8 Å². The fraction of sp³-hybridized carbons (Fsp3) is 0.167. The summed E-state index contributed by atoms with van der Waals surface area (Å²) >= 11 is 0. The Labute approximate surface area is 218 Å². The van der Waals surface area contributed by atoms with E-state index < -0.39 is 0 Å². The molecule has 0 bridgehead atoms. The SMILES string of the molecule is O=C1C(c2ccc3nccnc3c2)=C(Nc2ccon2)Cc2c(C3=CCCCC3)c(-c3ccccc3)nn21. The molecule has 0 amide bonds. The first-order valence-corrected chi connectivity index (χ1v) is 12.8. The molecular weight excluding hydrogens is 476 g/mol. The van der Waals surface area contributed by atoms with Gasteiger partial charge in [0.15, 0.2) is 5.82 Å². The number of nitrogens with one attached hydrogen (secondary N) is 1. The molecule has 8 heteroatoms. The summed E-state index contributed by atoms with van der Waals surface area (Å²) in [6.07, 6.45) is 11.9. The molecule has 0 radical (unpaired) electrons. The number of rotatable bonds is 5. The average molecular weight is 501 g/mol. The molecule has 0 unspecified atom stereocenters. The first-order valence-electron chi connectivity index (χ1n) is 12.8. The highest BCUT2D eigenvalue weighted by Gasteiger charge is 2.34. The van der Waals surface area contributed by atoms with Crippen molar-refractivity contribution >= 4 is 33.9 Å². The van der Waals surface area contributed by atoms with E-state index >= 15 is 0 Å². The number of nitrogens with zero attached hydrogens (tertiary/aromatic N) is 5. The van der Waals surface area contributed by atoms with Crippen LogP contribution in [-0.4, -0.2) is 30.8 Å². The number of anilines is 1. The lowest BCUT2D eigenvalue weighted by Crippen LogP contribution is -2.27. The number of carbonyl (C=O) groups is 1. The van der Waals surface area contributed by atoms with E-state index in [1.165, 1.54) is 18.3 Å². The lowest BCUT2D eigenvalue weighted by atomic mass is 9.88. The molecule has 8 nitrogen and oxygen atoms in total. The van der Waals surface area contributed by atoms with Gasteiger partial charge >= 0.3 is 0 Å². The second-order valence-electron chi connectivity index (χ2n) is 9.53. The predicted octanol–water partition coefficient (Wildman–Crippen LogP) is 6.16. The molecule has 0 fully saturated rings. The normalized spacial score (nSPS) is 15.5. The molecule has 4 heterocycles. The van der Waals surface area contributed by atoms with Gasteiger partial charge in [-0.15, -0.1) is 0 Å². The number of hydrogen-bond donors (Lipinski definition) is 1. The molecular formula is C30H24N6O2. The zero-order chi connectivity index (χ0) is 25.5. The Kier molecular flexibility index (Phi) is 5.43. The van der Waals surface area contributed by atoms with E-state index in [2.05, 4.69) is 38.7 Å². The highest BCUT2D eigenvalue weighted by molar-refractivity contribution is 6.23. The Morgan fingerprint density at radius 1 is 0.921 bits per heavy atom. The Hall–Kier alpha value is -4.85. The van der Waals surface area contributed by atoms with Gasteiger partial charge < -0.3 is 9.84 Å². The molecule has 0 saturated carbocycles. The number of carbonyl (C=O) groups excluding carboxylic acids is 1. The molecule has 0 spiro atoms. The first kappa shape index (κ1) is 22.4. The Bertz CT molecular complexity index is 1730. The summed E-state index contributed by atoms with van der Waals surface area (Å²) in [4.78, 5) is 23.1. The van der Waals surface area contributed by atoms with Crippen LogP contribution in [0.5, 0.6) is 0 Å². The topological polar surface area (TPSA) is 98.7 Å². The number of fused-ring (bicyclic) bond motifs is 2. The van der Waals surface area contributed by atoms with Gasteiger partial charge in [-0.25, -0.2) is 0 Å². The lowest BCUT2D eigenvalue weighted by molar-refractivity contribution is 0.0958. The molecule has 0 atom stereocenters. The third kappa shape index (κ3) is 3.82. The highest BCUT2D eigenvalue weighted by atomic mass is 16.5.